The largest absolute Gasteiger partial charge is 0.508 e. The first-order chi connectivity index (χ1) is 13.3. The molecule has 0 saturated carbocycles. The minimum absolute atomic E-state index is 0.0151. The zero-order valence-electron chi connectivity index (χ0n) is 16.6. The number of hydrogen-bond acceptors (Lipinski definition) is 2. The minimum Gasteiger partial charge on any atom is -0.508 e. The summed E-state index contributed by atoms with van der Waals surface area (Å²) in [6.07, 6.45) is 0. The van der Waals surface area contributed by atoms with Crippen molar-refractivity contribution < 1.29 is 9.90 Å². The quantitative estimate of drug-likeness (QED) is 0.435. The average Bonchev–Trinajstić information content (AvgIpc) is 3.04. The molecule has 28 heavy (non-hydrogen) atoms. The molecule has 0 aliphatic rings. The minimum atomic E-state index is -0.0151. The summed E-state index contributed by atoms with van der Waals surface area (Å²) in [4.78, 5) is 17.0. The maximum absolute atomic E-state index is 13.6. The molecular formula is C25H23NO2. The zero-order valence-corrected chi connectivity index (χ0v) is 16.6. The highest BCUT2D eigenvalue weighted by molar-refractivity contribution is 6.20. The molecule has 0 aliphatic heterocycles. The molecule has 4 rings (SSSR count). The van der Waals surface area contributed by atoms with Crippen molar-refractivity contribution in [3.63, 3.8) is 0 Å². The summed E-state index contributed by atoms with van der Waals surface area (Å²) in [6.45, 7) is 8.18. The smallest absolute Gasteiger partial charge is 0.195 e. The van der Waals surface area contributed by atoms with Crippen molar-refractivity contribution in [1.82, 2.24) is 4.98 Å². The van der Waals surface area contributed by atoms with E-state index in [0.29, 0.717) is 11.1 Å². The lowest BCUT2D eigenvalue weighted by atomic mass is 9.93. The second-order valence-electron chi connectivity index (χ2n) is 7.54. The van der Waals surface area contributed by atoms with E-state index in [2.05, 4.69) is 11.9 Å². The Labute approximate surface area is 164 Å². The second-order valence-corrected chi connectivity index (χ2v) is 7.54. The standard InChI is InChI=1S/C25H23NO2/c1-14-5-7-18(8-6-14)24-23(21-10-9-20(27)13-22(21)26-24)25(28)19-11-15(2)17(4)16(3)12-19/h5-13,26-27H,1-4H3. The van der Waals surface area contributed by atoms with E-state index in [0.717, 1.165) is 38.9 Å². The number of carbonyl (C=O) groups excluding carboxylic acids is 1. The van der Waals surface area contributed by atoms with Crippen molar-refractivity contribution in [2.24, 2.45) is 0 Å². The Balaban J connectivity index is 1.98. The van der Waals surface area contributed by atoms with Gasteiger partial charge in [0.15, 0.2) is 5.78 Å². The van der Waals surface area contributed by atoms with E-state index in [1.807, 2.05) is 57.2 Å². The molecule has 3 aromatic carbocycles. The van der Waals surface area contributed by atoms with E-state index in [9.17, 15) is 9.90 Å². The van der Waals surface area contributed by atoms with Gasteiger partial charge >= 0.3 is 0 Å². The maximum atomic E-state index is 13.6. The van der Waals surface area contributed by atoms with Crippen LogP contribution in [0.2, 0.25) is 0 Å². The van der Waals surface area contributed by atoms with Gasteiger partial charge in [-0.2, -0.15) is 0 Å². The Morgan fingerprint density at radius 1 is 0.857 bits per heavy atom. The Morgan fingerprint density at radius 2 is 1.50 bits per heavy atom. The fourth-order valence-corrected chi connectivity index (χ4v) is 3.67. The van der Waals surface area contributed by atoms with Crippen LogP contribution in [0.15, 0.2) is 54.6 Å². The van der Waals surface area contributed by atoms with E-state index in [1.54, 1.807) is 18.2 Å². The highest BCUT2D eigenvalue weighted by Gasteiger charge is 2.22. The van der Waals surface area contributed by atoms with Gasteiger partial charge in [0.2, 0.25) is 0 Å². The number of benzene rings is 3. The second kappa shape index (κ2) is 6.68. The molecule has 0 amide bonds. The number of aromatic hydroxyl groups is 1. The maximum Gasteiger partial charge on any atom is 0.195 e. The molecule has 0 saturated heterocycles. The number of ketones is 1. The van der Waals surface area contributed by atoms with Crippen molar-refractivity contribution >= 4 is 16.7 Å². The molecule has 0 fully saturated rings. The van der Waals surface area contributed by atoms with E-state index in [4.69, 9.17) is 0 Å². The van der Waals surface area contributed by atoms with Gasteiger partial charge in [0.1, 0.15) is 5.75 Å². The number of rotatable bonds is 3. The Kier molecular flexibility index (Phi) is 4.31. The van der Waals surface area contributed by atoms with Crippen LogP contribution in [0.1, 0.15) is 38.2 Å². The number of aromatic nitrogens is 1. The normalized spacial score (nSPS) is 11.1. The van der Waals surface area contributed by atoms with Crippen molar-refractivity contribution in [1.29, 1.82) is 0 Å². The zero-order chi connectivity index (χ0) is 20.0. The summed E-state index contributed by atoms with van der Waals surface area (Å²) in [5, 5.41) is 10.7. The topological polar surface area (TPSA) is 53.1 Å². The molecule has 4 aromatic rings. The van der Waals surface area contributed by atoms with Gasteiger partial charge in [0.25, 0.3) is 0 Å². The van der Waals surface area contributed by atoms with Crippen LogP contribution in [0, 0.1) is 27.7 Å². The van der Waals surface area contributed by atoms with E-state index < -0.39 is 0 Å². The highest BCUT2D eigenvalue weighted by atomic mass is 16.3. The molecule has 1 heterocycles. The monoisotopic (exact) mass is 369 g/mol. The molecule has 2 N–H and O–H groups in total. The SMILES string of the molecule is Cc1ccc(-c2[nH]c3cc(O)ccc3c2C(=O)c2cc(C)c(C)c(C)c2)cc1. The number of hydrogen-bond donors (Lipinski definition) is 2. The molecule has 0 bridgehead atoms. The first-order valence-electron chi connectivity index (χ1n) is 9.39. The molecule has 0 radical (unpaired) electrons. The van der Waals surface area contributed by atoms with Gasteiger partial charge in [-0.25, -0.2) is 0 Å². The third kappa shape index (κ3) is 2.99. The summed E-state index contributed by atoms with van der Waals surface area (Å²) in [6, 6.07) is 17.1. The predicted octanol–water partition coefficient (Wildman–Crippen LogP) is 6.01. The van der Waals surface area contributed by atoms with Gasteiger partial charge in [-0.05, 0) is 74.2 Å². The predicted molar refractivity (Wildman–Crippen MR) is 114 cm³/mol. The van der Waals surface area contributed by atoms with Crippen LogP contribution in [-0.4, -0.2) is 15.9 Å². The average molecular weight is 369 g/mol. The van der Waals surface area contributed by atoms with Crippen LogP contribution in [0.4, 0.5) is 0 Å². The molecule has 0 aliphatic carbocycles. The fourth-order valence-electron chi connectivity index (χ4n) is 3.67. The van der Waals surface area contributed by atoms with E-state index in [1.165, 1.54) is 5.56 Å². The summed E-state index contributed by atoms with van der Waals surface area (Å²) in [5.74, 6) is 0.156. The number of H-pyrrole nitrogens is 1. The molecular weight excluding hydrogens is 346 g/mol. The third-order valence-electron chi connectivity index (χ3n) is 5.54. The molecule has 140 valence electrons. The van der Waals surface area contributed by atoms with Crippen LogP contribution in [-0.2, 0) is 0 Å². The lowest BCUT2D eigenvalue weighted by Gasteiger charge is -2.10. The van der Waals surface area contributed by atoms with Gasteiger partial charge in [-0.15, -0.1) is 0 Å². The van der Waals surface area contributed by atoms with Gasteiger partial charge < -0.3 is 10.1 Å². The van der Waals surface area contributed by atoms with E-state index in [-0.39, 0.29) is 11.5 Å². The van der Waals surface area contributed by atoms with Crippen molar-refractivity contribution in [3.05, 3.63) is 88.0 Å². The van der Waals surface area contributed by atoms with Crippen molar-refractivity contribution in [3.8, 4) is 17.0 Å². The van der Waals surface area contributed by atoms with Gasteiger partial charge in [-0.1, -0.05) is 29.8 Å². The molecule has 1 aromatic heterocycles. The number of aryl methyl sites for hydroxylation is 3. The highest BCUT2D eigenvalue weighted by Crippen LogP contribution is 2.34. The van der Waals surface area contributed by atoms with E-state index >= 15 is 0 Å². The van der Waals surface area contributed by atoms with Crippen LogP contribution in [0.25, 0.3) is 22.2 Å². The summed E-state index contributed by atoms with van der Waals surface area (Å²) < 4.78 is 0. The van der Waals surface area contributed by atoms with Gasteiger partial charge in [0.05, 0.1) is 16.8 Å². The number of fused-ring (bicyclic) bond motifs is 1. The van der Waals surface area contributed by atoms with Crippen LogP contribution in [0.5, 0.6) is 5.75 Å². The molecule has 3 nitrogen and oxygen atoms in total. The Morgan fingerprint density at radius 3 is 2.14 bits per heavy atom. The molecule has 3 heteroatoms. The number of aromatic amines is 1. The molecule has 0 spiro atoms. The number of nitrogens with one attached hydrogen (secondary N) is 1. The van der Waals surface area contributed by atoms with Crippen LogP contribution < -0.4 is 0 Å². The lowest BCUT2D eigenvalue weighted by Crippen LogP contribution is -2.04. The van der Waals surface area contributed by atoms with Crippen molar-refractivity contribution in [2.45, 2.75) is 27.7 Å². The number of carbonyl (C=O) groups is 1. The van der Waals surface area contributed by atoms with Gasteiger partial charge in [0, 0.05) is 17.0 Å². The van der Waals surface area contributed by atoms with Gasteiger partial charge in [-0.3, -0.25) is 4.79 Å². The van der Waals surface area contributed by atoms with Crippen molar-refractivity contribution in [2.75, 3.05) is 0 Å². The Bertz CT molecular complexity index is 1190. The number of phenolic OH excluding ortho intramolecular Hbond substituents is 1. The lowest BCUT2D eigenvalue weighted by molar-refractivity contribution is 0.104. The molecule has 0 unspecified atom stereocenters. The molecule has 0 atom stereocenters. The first kappa shape index (κ1) is 18.1. The third-order valence-corrected chi connectivity index (χ3v) is 5.54. The van der Waals surface area contributed by atoms with Crippen LogP contribution in [0.3, 0.4) is 0 Å². The summed E-state index contributed by atoms with van der Waals surface area (Å²) in [7, 11) is 0. The Hall–Kier alpha value is -3.33. The van der Waals surface area contributed by atoms with Crippen LogP contribution >= 0.6 is 0 Å². The number of phenols is 1. The first-order valence-corrected chi connectivity index (χ1v) is 9.39. The summed E-state index contributed by atoms with van der Waals surface area (Å²) in [5.41, 5.74) is 8.39. The fraction of sp³-hybridized carbons (Fsp3) is 0.160. The summed E-state index contributed by atoms with van der Waals surface area (Å²) >= 11 is 0.